The highest BCUT2D eigenvalue weighted by atomic mass is 16.5. The molecular formula is C26H26N4O3. The number of ether oxygens (including phenoxy) is 1. The number of morpholine rings is 1. The number of aryl methyl sites for hydroxylation is 1. The zero-order chi connectivity index (χ0) is 23.2. The van der Waals surface area contributed by atoms with E-state index < -0.39 is 0 Å². The van der Waals surface area contributed by atoms with Crippen LogP contribution in [-0.4, -0.2) is 47.6 Å². The van der Waals surface area contributed by atoms with E-state index in [9.17, 15) is 9.59 Å². The Labute approximate surface area is 192 Å². The molecule has 0 saturated carbocycles. The first-order valence-corrected chi connectivity index (χ1v) is 11.0. The molecule has 1 N–H and O–H groups in total. The molecule has 2 heterocycles. The minimum absolute atomic E-state index is 0.0485. The monoisotopic (exact) mass is 442 g/mol. The first-order chi connectivity index (χ1) is 16.1. The Bertz CT molecular complexity index is 1250. The molecule has 7 nitrogen and oxygen atoms in total. The van der Waals surface area contributed by atoms with Crippen molar-refractivity contribution < 1.29 is 14.3 Å². The average molecular weight is 443 g/mol. The molecule has 3 aromatic rings. The lowest BCUT2D eigenvalue weighted by molar-refractivity contribution is -0.111. The summed E-state index contributed by atoms with van der Waals surface area (Å²) in [6.45, 7) is 4.66. The Morgan fingerprint density at radius 2 is 1.94 bits per heavy atom. The van der Waals surface area contributed by atoms with Gasteiger partial charge in [0.05, 0.1) is 25.7 Å². The van der Waals surface area contributed by atoms with Crippen molar-refractivity contribution in [1.82, 2.24) is 9.47 Å². The molecule has 4 rings (SSSR count). The van der Waals surface area contributed by atoms with Crippen molar-refractivity contribution in [3.63, 3.8) is 0 Å². The van der Waals surface area contributed by atoms with Gasteiger partial charge in [-0.15, -0.1) is 0 Å². The molecule has 0 radical (unpaired) electrons. The second-order valence-corrected chi connectivity index (χ2v) is 7.91. The first-order valence-electron chi connectivity index (χ1n) is 11.0. The Morgan fingerprint density at radius 3 is 2.73 bits per heavy atom. The van der Waals surface area contributed by atoms with E-state index in [4.69, 9.17) is 10.00 Å². The third kappa shape index (κ3) is 4.97. The third-order valence-corrected chi connectivity index (χ3v) is 5.82. The fourth-order valence-electron chi connectivity index (χ4n) is 4.04. The maximum Gasteiger partial charge on any atom is 0.254 e. The molecule has 2 amide bonds. The summed E-state index contributed by atoms with van der Waals surface area (Å²) in [7, 11) is 0. The molecule has 2 aromatic carbocycles. The number of para-hydroxylation sites is 1. The SMILES string of the molecule is Cc1c(NC(=O)/C=C/c2cn(CCC#N)c3ccccc23)cccc1C(=O)N1CCOCC1. The third-order valence-electron chi connectivity index (χ3n) is 5.82. The molecule has 1 aliphatic rings. The van der Waals surface area contributed by atoms with Gasteiger partial charge >= 0.3 is 0 Å². The van der Waals surface area contributed by atoms with E-state index in [0.29, 0.717) is 50.5 Å². The number of rotatable bonds is 6. The molecule has 1 fully saturated rings. The molecule has 0 bridgehead atoms. The summed E-state index contributed by atoms with van der Waals surface area (Å²) in [5.41, 5.74) is 3.87. The predicted octanol–water partition coefficient (Wildman–Crippen LogP) is 3.99. The normalized spacial score (nSPS) is 13.9. The molecule has 7 heteroatoms. The molecule has 0 atom stereocenters. The van der Waals surface area contributed by atoms with Crippen LogP contribution in [0.15, 0.2) is 54.7 Å². The van der Waals surface area contributed by atoms with Crippen LogP contribution in [0.5, 0.6) is 0 Å². The summed E-state index contributed by atoms with van der Waals surface area (Å²) in [5.74, 6) is -0.324. The summed E-state index contributed by atoms with van der Waals surface area (Å²) < 4.78 is 7.36. The van der Waals surface area contributed by atoms with Crippen LogP contribution >= 0.6 is 0 Å². The minimum atomic E-state index is -0.275. The van der Waals surface area contributed by atoms with E-state index in [1.54, 1.807) is 29.2 Å². The van der Waals surface area contributed by atoms with E-state index in [2.05, 4.69) is 11.4 Å². The van der Waals surface area contributed by atoms with Gasteiger partial charge in [0.25, 0.3) is 5.91 Å². The van der Waals surface area contributed by atoms with Gasteiger partial charge in [0, 0.05) is 59.6 Å². The highest BCUT2D eigenvalue weighted by molar-refractivity contribution is 6.05. The van der Waals surface area contributed by atoms with Gasteiger partial charge in [0.2, 0.25) is 5.91 Å². The molecule has 1 aromatic heterocycles. The smallest absolute Gasteiger partial charge is 0.254 e. The largest absolute Gasteiger partial charge is 0.378 e. The Hall–Kier alpha value is -3.89. The number of benzene rings is 2. The number of amides is 2. The van der Waals surface area contributed by atoms with Crippen LogP contribution in [0.4, 0.5) is 5.69 Å². The van der Waals surface area contributed by atoms with Gasteiger partial charge < -0.3 is 19.5 Å². The van der Waals surface area contributed by atoms with Crippen LogP contribution in [0.1, 0.15) is 27.9 Å². The van der Waals surface area contributed by atoms with Crippen LogP contribution in [0, 0.1) is 18.3 Å². The van der Waals surface area contributed by atoms with E-state index in [1.807, 2.05) is 42.0 Å². The summed E-state index contributed by atoms with van der Waals surface area (Å²) >= 11 is 0. The quantitative estimate of drug-likeness (QED) is 0.585. The number of nitriles is 1. The molecule has 0 unspecified atom stereocenters. The maximum absolute atomic E-state index is 12.9. The maximum atomic E-state index is 12.9. The first kappa shape index (κ1) is 22.3. The zero-order valence-corrected chi connectivity index (χ0v) is 18.6. The van der Waals surface area contributed by atoms with Crippen LogP contribution in [0.3, 0.4) is 0 Å². The lowest BCUT2D eigenvalue weighted by Gasteiger charge is -2.27. The standard InChI is InChI=1S/C26H26N4O3/c1-19-21(26(32)29-14-16-33-17-15-29)7-4-8-23(19)28-25(31)11-10-20-18-30(13-5-12-27)24-9-3-2-6-22(20)24/h2-4,6-11,18H,5,13-17H2,1H3,(H,28,31)/b11-10+. The number of anilines is 1. The Balaban J connectivity index is 1.50. The van der Waals surface area contributed by atoms with Crippen molar-refractivity contribution in [3.8, 4) is 6.07 Å². The van der Waals surface area contributed by atoms with Gasteiger partial charge in [-0.05, 0) is 36.8 Å². The number of aromatic nitrogens is 1. The molecule has 1 saturated heterocycles. The van der Waals surface area contributed by atoms with Crippen LogP contribution in [0.2, 0.25) is 0 Å². The van der Waals surface area contributed by atoms with Gasteiger partial charge in [-0.25, -0.2) is 0 Å². The molecule has 1 aliphatic heterocycles. The number of hydrogen-bond donors (Lipinski definition) is 1. The lowest BCUT2D eigenvalue weighted by atomic mass is 10.0. The van der Waals surface area contributed by atoms with E-state index in [0.717, 1.165) is 22.0 Å². The molecule has 0 aliphatic carbocycles. The number of carbonyl (C=O) groups excluding carboxylic acids is 2. The molecule has 0 spiro atoms. The molecule has 33 heavy (non-hydrogen) atoms. The lowest BCUT2D eigenvalue weighted by Crippen LogP contribution is -2.41. The number of carbonyl (C=O) groups is 2. The van der Waals surface area contributed by atoms with E-state index in [-0.39, 0.29) is 11.8 Å². The van der Waals surface area contributed by atoms with E-state index in [1.165, 1.54) is 6.08 Å². The predicted molar refractivity (Wildman–Crippen MR) is 128 cm³/mol. The fraction of sp³-hybridized carbons (Fsp3) is 0.269. The summed E-state index contributed by atoms with van der Waals surface area (Å²) in [4.78, 5) is 27.3. The second kappa shape index (κ2) is 10.2. The topological polar surface area (TPSA) is 87.4 Å². The van der Waals surface area contributed by atoms with Crippen molar-refractivity contribution in [2.24, 2.45) is 0 Å². The number of nitrogens with one attached hydrogen (secondary N) is 1. The van der Waals surface area contributed by atoms with E-state index >= 15 is 0 Å². The van der Waals surface area contributed by atoms with Crippen LogP contribution in [-0.2, 0) is 16.1 Å². The Kier molecular flexibility index (Phi) is 6.86. The number of fused-ring (bicyclic) bond motifs is 1. The summed E-state index contributed by atoms with van der Waals surface area (Å²) in [6.07, 6.45) is 5.64. The Morgan fingerprint density at radius 1 is 1.15 bits per heavy atom. The van der Waals surface area contributed by atoms with Crippen LogP contribution < -0.4 is 5.32 Å². The fourth-order valence-corrected chi connectivity index (χ4v) is 4.04. The van der Waals surface area contributed by atoms with Crippen LogP contribution in [0.25, 0.3) is 17.0 Å². The van der Waals surface area contributed by atoms with Gasteiger partial charge in [0.1, 0.15) is 0 Å². The summed E-state index contributed by atoms with van der Waals surface area (Å²) in [5, 5.41) is 12.8. The number of nitrogens with zero attached hydrogens (tertiary/aromatic N) is 3. The summed E-state index contributed by atoms with van der Waals surface area (Å²) in [6, 6.07) is 15.4. The average Bonchev–Trinajstić information content (AvgIpc) is 3.20. The van der Waals surface area contributed by atoms with Gasteiger partial charge in [-0.1, -0.05) is 24.3 Å². The van der Waals surface area contributed by atoms with Gasteiger partial charge in [0.15, 0.2) is 0 Å². The minimum Gasteiger partial charge on any atom is -0.378 e. The van der Waals surface area contributed by atoms with Crippen molar-refractivity contribution in [3.05, 3.63) is 71.4 Å². The second-order valence-electron chi connectivity index (χ2n) is 7.91. The number of hydrogen-bond acceptors (Lipinski definition) is 4. The highest BCUT2D eigenvalue weighted by Gasteiger charge is 2.21. The molecule has 168 valence electrons. The van der Waals surface area contributed by atoms with Crippen molar-refractivity contribution in [2.75, 3.05) is 31.6 Å². The highest BCUT2D eigenvalue weighted by Crippen LogP contribution is 2.24. The zero-order valence-electron chi connectivity index (χ0n) is 18.6. The van der Waals surface area contributed by atoms with Crippen molar-refractivity contribution in [1.29, 1.82) is 5.26 Å². The van der Waals surface area contributed by atoms with Crippen molar-refractivity contribution in [2.45, 2.75) is 19.9 Å². The van der Waals surface area contributed by atoms with Gasteiger partial charge in [-0.3, -0.25) is 9.59 Å². The van der Waals surface area contributed by atoms with Crippen molar-refractivity contribution >= 4 is 34.5 Å². The molecular weight excluding hydrogens is 416 g/mol. The van der Waals surface area contributed by atoms with Gasteiger partial charge in [-0.2, -0.15) is 5.26 Å².